The molecule has 0 spiro atoms. The third-order valence-corrected chi connectivity index (χ3v) is 3.35. The lowest BCUT2D eigenvalue weighted by atomic mass is 9.75. The zero-order chi connectivity index (χ0) is 10.8. The minimum atomic E-state index is -2.62. The Balaban J connectivity index is 2.27. The van der Waals surface area contributed by atoms with Crippen LogP contribution < -0.4 is 0 Å². The van der Waals surface area contributed by atoms with Crippen molar-refractivity contribution in [1.82, 2.24) is 4.90 Å². The van der Waals surface area contributed by atoms with E-state index in [2.05, 4.69) is 13.8 Å². The summed E-state index contributed by atoms with van der Waals surface area (Å²) in [6, 6.07) is 0. The van der Waals surface area contributed by atoms with Crippen molar-refractivity contribution in [1.29, 1.82) is 0 Å². The van der Waals surface area contributed by atoms with Gasteiger partial charge in [-0.25, -0.2) is 8.78 Å². The van der Waals surface area contributed by atoms with E-state index in [1.165, 1.54) is 0 Å². The molecule has 1 fully saturated rings. The van der Waals surface area contributed by atoms with Crippen molar-refractivity contribution >= 4 is 0 Å². The Hall–Kier alpha value is -0.220. The molecule has 1 N–H and O–H groups in total. The molecule has 0 aromatic carbocycles. The van der Waals surface area contributed by atoms with Crippen molar-refractivity contribution in [3.05, 3.63) is 0 Å². The van der Waals surface area contributed by atoms with Crippen LogP contribution in [0.5, 0.6) is 0 Å². The topological polar surface area (TPSA) is 23.5 Å². The fraction of sp³-hybridized carbons (Fsp3) is 1.00. The fourth-order valence-corrected chi connectivity index (χ4v) is 2.07. The van der Waals surface area contributed by atoms with E-state index in [9.17, 15) is 8.78 Å². The predicted molar refractivity (Wildman–Crippen MR) is 51.5 cm³/mol. The summed E-state index contributed by atoms with van der Waals surface area (Å²) in [7, 11) is 0. The number of β-amino-alcohol motifs (C(OH)–C–C–N with tert-alkyl or cyclic N) is 1. The minimum Gasteiger partial charge on any atom is -0.386 e. The highest BCUT2D eigenvalue weighted by molar-refractivity contribution is 4.93. The smallest absolute Gasteiger partial charge is 0.265 e. The third kappa shape index (κ3) is 2.42. The van der Waals surface area contributed by atoms with E-state index >= 15 is 0 Å². The van der Waals surface area contributed by atoms with Crippen LogP contribution in [-0.2, 0) is 0 Å². The monoisotopic (exact) mass is 207 g/mol. The predicted octanol–water partition coefficient (Wildman–Crippen LogP) is 1.73. The molecule has 1 saturated heterocycles. The minimum absolute atomic E-state index is 0.111. The summed E-state index contributed by atoms with van der Waals surface area (Å²) in [6.07, 6.45) is -1.93. The molecule has 4 heteroatoms. The molecule has 1 unspecified atom stereocenters. The third-order valence-electron chi connectivity index (χ3n) is 3.35. The molecule has 84 valence electrons. The maximum absolute atomic E-state index is 12.0. The van der Waals surface area contributed by atoms with E-state index < -0.39 is 12.5 Å². The van der Waals surface area contributed by atoms with Gasteiger partial charge in [0.15, 0.2) is 0 Å². The zero-order valence-corrected chi connectivity index (χ0v) is 8.84. The van der Waals surface area contributed by atoms with Crippen LogP contribution >= 0.6 is 0 Å². The van der Waals surface area contributed by atoms with Gasteiger partial charge in [0.2, 0.25) is 0 Å². The molecule has 1 aliphatic rings. The van der Waals surface area contributed by atoms with Crippen LogP contribution in [0.3, 0.4) is 0 Å². The van der Waals surface area contributed by atoms with E-state index in [1.807, 2.05) is 4.90 Å². The second kappa shape index (κ2) is 4.53. The molecule has 0 amide bonds. The first kappa shape index (κ1) is 11.9. The van der Waals surface area contributed by atoms with Crippen LogP contribution in [0.15, 0.2) is 0 Å². The van der Waals surface area contributed by atoms with E-state index in [4.69, 9.17) is 5.11 Å². The number of nitrogens with zero attached hydrogens (tertiary/aromatic N) is 1. The van der Waals surface area contributed by atoms with E-state index in [0.29, 0.717) is 5.41 Å². The highest BCUT2D eigenvalue weighted by Crippen LogP contribution is 2.36. The zero-order valence-electron chi connectivity index (χ0n) is 8.84. The lowest BCUT2D eigenvalue weighted by Crippen LogP contribution is -2.58. The van der Waals surface area contributed by atoms with Gasteiger partial charge in [-0.1, -0.05) is 13.8 Å². The van der Waals surface area contributed by atoms with Gasteiger partial charge in [0.05, 0.1) is 0 Å². The van der Waals surface area contributed by atoms with Crippen LogP contribution in [0, 0.1) is 5.41 Å². The average Bonchev–Trinajstić information content (AvgIpc) is 2.10. The van der Waals surface area contributed by atoms with E-state index in [-0.39, 0.29) is 6.54 Å². The van der Waals surface area contributed by atoms with Gasteiger partial charge in [-0.15, -0.1) is 0 Å². The molecular formula is C10H19F2NO. The second-order valence-corrected chi connectivity index (χ2v) is 4.28. The quantitative estimate of drug-likeness (QED) is 0.742. The highest BCUT2D eigenvalue weighted by Gasteiger charge is 2.40. The second-order valence-electron chi connectivity index (χ2n) is 4.28. The van der Waals surface area contributed by atoms with Gasteiger partial charge in [-0.2, -0.15) is 0 Å². The Morgan fingerprint density at radius 3 is 2.14 bits per heavy atom. The molecule has 0 aromatic heterocycles. The van der Waals surface area contributed by atoms with Gasteiger partial charge in [-0.05, 0) is 18.3 Å². The van der Waals surface area contributed by atoms with Crippen LogP contribution in [0.2, 0.25) is 0 Å². The molecule has 0 aliphatic carbocycles. The number of hydrogen-bond donors (Lipinski definition) is 1. The Labute approximate surface area is 83.9 Å². The first-order chi connectivity index (χ1) is 6.53. The summed E-state index contributed by atoms with van der Waals surface area (Å²) in [6.45, 7) is 6.07. The highest BCUT2D eigenvalue weighted by atomic mass is 19.3. The SMILES string of the molecule is CCC1(CC)CN(CC(O)C(F)F)C1. The van der Waals surface area contributed by atoms with Crippen molar-refractivity contribution in [2.75, 3.05) is 19.6 Å². The summed E-state index contributed by atoms with van der Waals surface area (Å²) >= 11 is 0. The number of hydrogen-bond acceptors (Lipinski definition) is 2. The Morgan fingerprint density at radius 1 is 1.29 bits per heavy atom. The lowest BCUT2D eigenvalue weighted by molar-refractivity contribution is -0.0726. The molecule has 2 nitrogen and oxygen atoms in total. The lowest BCUT2D eigenvalue weighted by Gasteiger charge is -2.50. The number of halogens is 2. The summed E-state index contributed by atoms with van der Waals surface area (Å²) in [5, 5.41) is 8.99. The summed E-state index contributed by atoms with van der Waals surface area (Å²) in [5.41, 5.74) is 0.321. The van der Waals surface area contributed by atoms with Gasteiger partial charge >= 0.3 is 0 Å². The Kier molecular flexibility index (Phi) is 3.84. The molecule has 0 radical (unpaired) electrons. The first-order valence-electron chi connectivity index (χ1n) is 5.21. The number of aliphatic hydroxyl groups is 1. The van der Waals surface area contributed by atoms with Crippen molar-refractivity contribution in [3.63, 3.8) is 0 Å². The molecule has 0 aromatic rings. The largest absolute Gasteiger partial charge is 0.386 e. The Bertz CT molecular complexity index is 172. The van der Waals surface area contributed by atoms with Gasteiger partial charge in [0.25, 0.3) is 6.43 Å². The van der Waals surface area contributed by atoms with Crippen molar-refractivity contribution in [2.24, 2.45) is 5.41 Å². The molecule has 1 atom stereocenters. The number of aliphatic hydroxyl groups excluding tert-OH is 1. The molecule has 0 bridgehead atoms. The number of alkyl halides is 2. The number of likely N-dealkylation sites (tertiary alicyclic amines) is 1. The van der Waals surface area contributed by atoms with Crippen LogP contribution in [0.4, 0.5) is 8.78 Å². The standard InChI is InChI=1S/C10H19F2NO/c1-3-10(4-2)6-13(7-10)5-8(14)9(11)12/h8-9,14H,3-7H2,1-2H3. The summed E-state index contributed by atoms with van der Waals surface area (Å²) in [5.74, 6) is 0. The van der Waals surface area contributed by atoms with Gasteiger partial charge in [0, 0.05) is 19.6 Å². The van der Waals surface area contributed by atoms with E-state index in [1.54, 1.807) is 0 Å². The van der Waals surface area contributed by atoms with Gasteiger partial charge in [-0.3, -0.25) is 4.90 Å². The van der Waals surface area contributed by atoms with Crippen LogP contribution in [0.1, 0.15) is 26.7 Å². The van der Waals surface area contributed by atoms with Crippen molar-refractivity contribution < 1.29 is 13.9 Å². The normalized spacial score (nSPS) is 23.6. The van der Waals surface area contributed by atoms with Gasteiger partial charge in [0.1, 0.15) is 6.10 Å². The molecule has 0 saturated carbocycles. The molecule has 1 aliphatic heterocycles. The average molecular weight is 207 g/mol. The molecule has 1 heterocycles. The van der Waals surface area contributed by atoms with E-state index in [0.717, 1.165) is 25.9 Å². The summed E-state index contributed by atoms with van der Waals surface area (Å²) < 4.78 is 24.1. The molecular weight excluding hydrogens is 188 g/mol. The van der Waals surface area contributed by atoms with Gasteiger partial charge < -0.3 is 5.11 Å². The van der Waals surface area contributed by atoms with Crippen LogP contribution in [0.25, 0.3) is 0 Å². The maximum Gasteiger partial charge on any atom is 0.265 e. The van der Waals surface area contributed by atoms with Crippen molar-refractivity contribution in [3.8, 4) is 0 Å². The molecule has 14 heavy (non-hydrogen) atoms. The first-order valence-corrected chi connectivity index (χ1v) is 5.21. The fourth-order valence-electron chi connectivity index (χ4n) is 2.07. The maximum atomic E-state index is 12.0. The van der Waals surface area contributed by atoms with Crippen LogP contribution in [-0.4, -0.2) is 42.2 Å². The number of rotatable bonds is 5. The molecule has 1 rings (SSSR count). The Morgan fingerprint density at radius 2 is 1.79 bits per heavy atom. The summed E-state index contributed by atoms with van der Waals surface area (Å²) in [4.78, 5) is 1.91. The van der Waals surface area contributed by atoms with Crippen molar-refractivity contribution in [2.45, 2.75) is 39.2 Å².